The minimum Gasteiger partial charge on any atom is -0.469 e. The molecule has 126 valence electrons. The van der Waals surface area contributed by atoms with Gasteiger partial charge in [-0.3, -0.25) is 9.69 Å². The summed E-state index contributed by atoms with van der Waals surface area (Å²) in [5.74, 6) is 0.866. The minimum atomic E-state index is 0.143. The Morgan fingerprint density at radius 3 is 2.75 bits per heavy atom. The summed E-state index contributed by atoms with van der Waals surface area (Å²) in [5, 5.41) is 0. The number of hydrogen-bond donors (Lipinski definition) is 0. The Hall–Kier alpha value is -2.07. The number of nitrogens with zero attached hydrogens (tertiary/aromatic N) is 2. The molecule has 4 rings (SSSR count). The summed E-state index contributed by atoms with van der Waals surface area (Å²) in [4.78, 5) is 17.5. The molecular formula is C20H24N2O2. The third-order valence-electron chi connectivity index (χ3n) is 5.67. The molecule has 2 aliphatic heterocycles. The van der Waals surface area contributed by atoms with Gasteiger partial charge < -0.3 is 9.32 Å². The normalized spacial score (nSPS) is 25.6. The van der Waals surface area contributed by atoms with E-state index in [2.05, 4.69) is 47.2 Å². The quantitative estimate of drug-likeness (QED) is 0.864. The first-order valence-corrected chi connectivity index (χ1v) is 8.76. The smallest absolute Gasteiger partial charge is 0.257 e. The Balaban J connectivity index is 1.50. The number of rotatable bonds is 4. The van der Waals surface area contributed by atoms with E-state index in [4.69, 9.17) is 4.42 Å². The summed E-state index contributed by atoms with van der Waals surface area (Å²) in [7, 11) is 2.18. The minimum absolute atomic E-state index is 0.143. The standard InChI is InChI=1S/C20H24N2O2/c1-14-17(10-11-24-14)20(23)22-16-8-9-18(22)19(12-16)21(2)13-15-6-4-3-5-7-15/h3-7,10-11,16,18-19H,8-9,12-13H2,1-2H3. The molecule has 0 spiro atoms. The van der Waals surface area contributed by atoms with Gasteiger partial charge in [-0.1, -0.05) is 30.3 Å². The fourth-order valence-electron chi connectivity index (χ4n) is 4.48. The SMILES string of the molecule is Cc1occc1C(=O)N1C2CCC1C(N(C)Cc1ccccc1)C2. The molecule has 0 aliphatic carbocycles. The molecule has 3 unspecified atom stereocenters. The van der Waals surface area contributed by atoms with Crippen LogP contribution < -0.4 is 0 Å². The van der Waals surface area contributed by atoms with Crippen molar-refractivity contribution in [3.8, 4) is 0 Å². The largest absolute Gasteiger partial charge is 0.469 e. The van der Waals surface area contributed by atoms with Gasteiger partial charge in [0.1, 0.15) is 5.76 Å². The van der Waals surface area contributed by atoms with Crippen molar-refractivity contribution in [2.24, 2.45) is 0 Å². The molecule has 2 fully saturated rings. The van der Waals surface area contributed by atoms with Crippen molar-refractivity contribution < 1.29 is 9.21 Å². The van der Waals surface area contributed by atoms with Gasteiger partial charge in [0, 0.05) is 24.7 Å². The van der Waals surface area contributed by atoms with Crippen LogP contribution in [0.25, 0.3) is 0 Å². The van der Waals surface area contributed by atoms with Crippen LogP contribution in [0.5, 0.6) is 0 Å². The molecular weight excluding hydrogens is 300 g/mol. The highest BCUT2D eigenvalue weighted by Crippen LogP contribution is 2.41. The predicted molar refractivity (Wildman–Crippen MR) is 92.7 cm³/mol. The van der Waals surface area contributed by atoms with Crippen molar-refractivity contribution >= 4 is 5.91 Å². The van der Waals surface area contributed by atoms with E-state index in [-0.39, 0.29) is 5.91 Å². The van der Waals surface area contributed by atoms with E-state index < -0.39 is 0 Å². The second-order valence-corrected chi connectivity index (χ2v) is 7.11. The van der Waals surface area contributed by atoms with Gasteiger partial charge >= 0.3 is 0 Å². The molecule has 1 amide bonds. The lowest BCUT2D eigenvalue weighted by Crippen LogP contribution is -2.43. The molecule has 0 radical (unpaired) electrons. The molecule has 0 saturated carbocycles. The number of aryl methyl sites for hydroxylation is 1. The number of furan rings is 1. The van der Waals surface area contributed by atoms with Crippen LogP contribution in [0.3, 0.4) is 0 Å². The lowest BCUT2D eigenvalue weighted by atomic mass is 9.94. The van der Waals surface area contributed by atoms with Crippen LogP contribution in [0, 0.1) is 6.92 Å². The van der Waals surface area contributed by atoms with Crippen LogP contribution in [0.2, 0.25) is 0 Å². The third-order valence-corrected chi connectivity index (χ3v) is 5.67. The van der Waals surface area contributed by atoms with E-state index in [1.54, 1.807) is 12.3 Å². The van der Waals surface area contributed by atoms with Gasteiger partial charge in [0.25, 0.3) is 5.91 Å². The molecule has 0 N–H and O–H groups in total. The topological polar surface area (TPSA) is 36.7 Å². The first kappa shape index (κ1) is 15.5. The number of hydrogen-bond acceptors (Lipinski definition) is 3. The van der Waals surface area contributed by atoms with E-state index >= 15 is 0 Å². The summed E-state index contributed by atoms with van der Waals surface area (Å²) in [6, 6.07) is 13.5. The lowest BCUT2D eigenvalue weighted by Gasteiger charge is -2.31. The Morgan fingerprint density at radius 2 is 2.04 bits per heavy atom. The van der Waals surface area contributed by atoms with Crippen molar-refractivity contribution in [1.29, 1.82) is 0 Å². The molecule has 2 aromatic rings. The van der Waals surface area contributed by atoms with Gasteiger partial charge in [0.15, 0.2) is 0 Å². The second kappa shape index (κ2) is 6.10. The van der Waals surface area contributed by atoms with Gasteiger partial charge in [0.2, 0.25) is 0 Å². The Bertz CT molecular complexity index is 724. The van der Waals surface area contributed by atoms with Gasteiger partial charge in [-0.25, -0.2) is 0 Å². The van der Waals surface area contributed by atoms with Crippen molar-refractivity contribution in [2.75, 3.05) is 7.05 Å². The van der Waals surface area contributed by atoms with E-state index in [1.165, 1.54) is 5.56 Å². The van der Waals surface area contributed by atoms with Crippen molar-refractivity contribution in [3.05, 3.63) is 59.5 Å². The van der Waals surface area contributed by atoms with Crippen LogP contribution in [0.1, 0.15) is 40.9 Å². The monoisotopic (exact) mass is 324 g/mol. The van der Waals surface area contributed by atoms with Crippen LogP contribution in [-0.2, 0) is 6.54 Å². The first-order valence-electron chi connectivity index (χ1n) is 8.76. The number of carbonyl (C=O) groups excluding carboxylic acids is 1. The maximum Gasteiger partial charge on any atom is 0.257 e. The Morgan fingerprint density at radius 1 is 1.25 bits per heavy atom. The molecule has 2 saturated heterocycles. The number of amides is 1. The van der Waals surface area contributed by atoms with E-state index in [0.717, 1.165) is 37.1 Å². The van der Waals surface area contributed by atoms with Gasteiger partial charge in [-0.05, 0) is 44.9 Å². The first-order chi connectivity index (χ1) is 11.6. The summed E-state index contributed by atoms with van der Waals surface area (Å²) < 4.78 is 5.33. The second-order valence-electron chi connectivity index (χ2n) is 7.11. The Kier molecular flexibility index (Phi) is 3.93. The summed E-state index contributed by atoms with van der Waals surface area (Å²) in [5.41, 5.74) is 2.05. The van der Waals surface area contributed by atoms with Crippen molar-refractivity contribution in [2.45, 2.75) is 50.9 Å². The number of carbonyl (C=O) groups is 1. The summed E-state index contributed by atoms with van der Waals surface area (Å²) in [6.07, 6.45) is 4.93. The van der Waals surface area contributed by atoms with Crippen LogP contribution in [-0.4, -0.2) is 40.9 Å². The lowest BCUT2D eigenvalue weighted by molar-refractivity contribution is 0.0701. The maximum absolute atomic E-state index is 13.0. The predicted octanol–water partition coefficient (Wildman–Crippen LogP) is 3.47. The molecule has 1 aromatic carbocycles. The maximum atomic E-state index is 13.0. The molecule has 24 heavy (non-hydrogen) atoms. The van der Waals surface area contributed by atoms with Crippen molar-refractivity contribution in [1.82, 2.24) is 9.80 Å². The number of likely N-dealkylation sites (N-methyl/N-ethyl adjacent to an activating group) is 1. The Labute approximate surface area is 143 Å². The van der Waals surface area contributed by atoms with Gasteiger partial charge in [0.05, 0.1) is 11.8 Å². The summed E-state index contributed by atoms with van der Waals surface area (Å²) in [6.45, 7) is 2.80. The zero-order chi connectivity index (χ0) is 16.7. The molecule has 1 aromatic heterocycles. The average molecular weight is 324 g/mol. The highest BCUT2D eigenvalue weighted by Gasteiger charge is 2.50. The highest BCUT2D eigenvalue weighted by molar-refractivity contribution is 5.96. The zero-order valence-corrected chi connectivity index (χ0v) is 14.3. The molecule has 4 heteroatoms. The molecule has 2 bridgehead atoms. The van der Waals surface area contributed by atoms with Crippen molar-refractivity contribution in [3.63, 3.8) is 0 Å². The summed E-state index contributed by atoms with van der Waals surface area (Å²) >= 11 is 0. The fraction of sp³-hybridized carbons (Fsp3) is 0.450. The average Bonchev–Trinajstić information content (AvgIpc) is 3.29. The third kappa shape index (κ3) is 2.55. The fourth-order valence-corrected chi connectivity index (χ4v) is 4.48. The van der Waals surface area contributed by atoms with Crippen LogP contribution in [0.4, 0.5) is 0 Å². The molecule has 3 heterocycles. The molecule has 2 aliphatic rings. The zero-order valence-electron chi connectivity index (χ0n) is 14.3. The molecule has 3 atom stereocenters. The van der Waals surface area contributed by atoms with Gasteiger partial charge in [-0.15, -0.1) is 0 Å². The molecule has 4 nitrogen and oxygen atoms in total. The van der Waals surface area contributed by atoms with E-state index in [0.29, 0.717) is 18.1 Å². The number of benzene rings is 1. The van der Waals surface area contributed by atoms with Crippen LogP contribution in [0.15, 0.2) is 47.1 Å². The highest BCUT2D eigenvalue weighted by atomic mass is 16.3. The van der Waals surface area contributed by atoms with E-state index in [9.17, 15) is 4.79 Å². The van der Waals surface area contributed by atoms with E-state index in [1.807, 2.05) is 6.92 Å². The van der Waals surface area contributed by atoms with Gasteiger partial charge in [-0.2, -0.15) is 0 Å². The van der Waals surface area contributed by atoms with Crippen LogP contribution >= 0.6 is 0 Å². The number of fused-ring (bicyclic) bond motifs is 2.